The first-order valence-electron chi connectivity index (χ1n) is 5.05. The fourth-order valence-electron chi connectivity index (χ4n) is 1.79. The van der Waals surface area contributed by atoms with Crippen molar-refractivity contribution in [2.45, 2.75) is 19.9 Å². The molecule has 0 aliphatic carbocycles. The van der Waals surface area contributed by atoms with Crippen LogP contribution in [0.4, 0.5) is 0 Å². The van der Waals surface area contributed by atoms with Gasteiger partial charge >= 0.3 is 5.97 Å². The van der Waals surface area contributed by atoms with Crippen LogP contribution in [0.3, 0.4) is 0 Å². The molecular formula is C12H12ClNO2. The third-order valence-corrected chi connectivity index (χ3v) is 2.87. The highest BCUT2D eigenvalue weighted by molar-refractivity contribution is 6.31. The second kappa shape index (κ2) is 4.18. The number of aryl methyl sites for hydroxylation is 2. The molecule has 16 heavy (non-hydrogen) atoms. The highest BCUT2D eigenvalue weighted by Crippen LogP contribution is 2.24. The van der Waals surface area contributed by atoms with E-state index in [9.17, 15) is 4.79 Å². The van der Waals surface area contributed by atoms with Gasteiger partial charge in [0.1, 0.15) is 5.15 Å². The van der Waals surface area contributed by atoms with E-state index in [1.807, 2.05) is 35.8 Å². The summed E-state index contributed by atoms with van der Waals surface area (Å²) in [6.07, 6.45) is 0.0807. The molecule has 0 bridgehead atoms. The molecule has 0 atom stereocenters. The third kappa shape index (κ3) is 2.04. The van der Waals surface area contributed by atoms with Crippen LogP contribution < -0.4 is 0 Å². The summed E-state index contributed by atoms with van der Waals surface area (Å²) in [6.45, 7) is 2.42. The first-order chi connectivity index (χ1) is 7.58. The number of carboxylic acid groups (broad SMARTS) is 1. The van der Waals surface area contributed by atoms with Crippen LogP contribution in [0.25, 0.3) is 10.9 Å². The second-order valence-electron chi connectivity index (χ2n) is 3.82. The van der Waals surface area contributed by atoms with Crippen molar-refractivity contribution >= 4 is 28.5 Å². The van der Waals surface area contributed by atoms with Gasteiger partial charge in [0.05, 0.1) is 6.42 Å². The predicted octanol–water partition coefficient (Wildman–Crippen LogP) is 3.08. The van der Waals surface area contributed by atoms with Crippen LogP contribution in [0, 0.1) is 6.92 Å². The summed E-state index contributed by atoms with van der Waals surface area (Å²) in [6, 6.07) is 7.87. The number of carboxylic acids is 1. The largest absolute Gasteiger partial charge is 0.481 e. The molecule has 1 N–H and O–H groups in total. The summed E-state index contributed by atoms with van der Waals surface area (Å²) >= 11 is 6.07. The zero-order chi connectivity index (χ0) is 11.7. The van der Waals surface area contributed by atoms with Crippen LogP contribution in [0.5, 0.6) is 0 Å². The minimum absolute atomic E-state index is 0.0807. The molecule has 4 heteroatoms. The molecule has 2 rings (SSSR count). The van der Waals surface area contributed by atoms with Crippen LogP contribution >= 0.6 is 11.6 Å². The monoisotopic (exact) mass is 237 g/mol. The Hall–Kier alpha value is -1.48. The minimum atomic E-state index is -0.815. The number of hydrogen-bond donors (Lipinski definition) is 1. The molecule has 0 aliphatic rings. The zero-order valence-corrected chi connectivity index (χ0v) is 9.66. The molecule has 1 aromatic carbocycles. The molecule has 0 saturated heterocycles. The van der Waals surface area contributed by atoms with E-state index in [0.29, 0.717) is 11.7 Å². The van der Waals surface area contributed by atoms with Gasteiger partial charge in [-0.3, -0.25) is 4.79 Å². The minimum Gasteiger partial charge on any atom is -0.481 e. The molecule has 0 saturated carbocycles. The van der Waals surface area contributed by atoms with Crippen LogP contribution in [-0.4, -0.2) is 15.6 Å². The Morgan fingerprint density at radius 2 is 2.19 bits per heavy atom. The molecule has 0 aliphatic heterocycles. The van der Waals surface area contributed by atoms with E-state index >= 15 is 0 Å². The van der Waals surface area contributed by atoms with E-state index in [-0.39, 0.29) is 6.42 Å². The van der Waals surface area contributed by atoms with Gasteiger partial charge in [-0.1, -0.05) is 23.2 Å². The molecule has 3 nitrogen and oxygen atoms in total. The van der Waals surface area contributed by atoms with Crippen molar-refractivity contribution in [1.29, 1.82) is 0 Å². The SMILES string of the molecule is Cc1ccc2c(c1)cc(Cl)n2CCC(=O)O. The number of carbonyl (C=O) groups is 1. The van der Waals surface area contributed by atoms with Crippen molar-refractivity contribution in [3.8, 4) is 0 Å². The molecule has 0 amide bonds. The van der Waals surface area contributed by atoms with Gasteiger partial charge in [-0.25, -0.2) is 0 Å². The average Bonchev–Trinajstić information content (AvgIpc) is 2.50. The highest BCUT2D eigenvalue weighted by Gasteiger charge is 2.08. The Morgan fingerprint density at radius 1 is 1.44 bits per heavy atom. The highest BCUT2D eigenvalue weighted by atomic mass is 35.5. The third-order valence-electron chi connectivity index (χ3n) is 2.56. The lowest BCUT2D eigenvalue weighted by Crippen LogP contribution is -2.04. The van der Waals surface area contributed by atoms with E-state index in [0.717, 1.165) is 10.9 Å². The van der Waals surface area contributed by atoms with Gasteiger partial charge in [0.25, 0.3) is 0 Å². The summed E-state index contributed by atoms with van der Waals surface area (Å²) in [7, 11) is 0. The Balaban J connectivity index is 2.43. The fourth-order valence-corrected chi connectivity index (χ4v) is 2.08. The second-order valence-corrected chi connectivity index (χ2v) is 4.21. The quantitative estimate of drug-likeness (QED) is 0.892. The van der Waals surface area contributed by atoms with Crippen molar-refractivity contribution in [3.05, 3.63) is 35.0 Å². The van der Waals surface area contributed by atoms with E-state index in [1.54, 1.807) is 0 Å². The number of hydrogen-bond acceptors (Lipinski definition) is 1. The van der Waals surface area contributed by atoms with Crippen molar-refractivity contribution < 1.29 is 9.90 Å². The maximum Gasteiger partial charge on any atom is 0.305 e. The number of rotatable bonds is 3. The molecule has 2 aromatic rings. The summed E-state index contributed by atoms with van der Waals surface area (Å²) in [5.41, 5.74) is 2.15. The summed E-state index contributed by atoms with van der Waals surface area (Å²) in [5, 5.41) is 10.3. The fraction of sp³-hybridized carbons (Fsp3) is 0.250. The van der Waals surface area contributed by atoms with Gasteiger partial charge in [0.15, 0.2) is 0 Å². The summed E-state index contributed by atoms with van der Waals surface area (Å²) in [5.74, 6) is -0.815. The van der Waals surface area contributed by atoms with E-state index < -0.39 is 5.97 Å². The number of fused-ring (bicyclic) bond motifs is 1. The smallest absolute Gasteiger partial charge is 0.305 e. The van der Waals surface area contributed by atoms with Gasteiger partial charge in [-0.15, -0.1) is 0 Å². The van der Waals surface area contributed by atoms with E-state index in [2.05, 4.69) is 0 Å². The number of aromatic nitrogens is 1. The number of aliphatic carboxylic acids is 1. The Morgan fingerprint density at radius 3 is 2.88 bits per heavy atom. The van der Waals surface area contributed by atoms with Crippen LogP contribution in [0.2, 0.25) is 5.15 Å². The van der Waals surface area contributed by atoms with Crippen LogP contribution in [-0.2, 0) is 11.3 Å². The van der Waals surface area contributed by atoms with Gasteiger partial charge in [0, 0.05) is 17.4 Å². The summed E-state index contributed by atoms with van der Waals surface area (Å²) < 4.78 is 1.82. The first-order valence-corrected chi connectivity index (χ1v) is 5.43. The predicted molar refractivity (Wildman–Crippen MR) is 63.9 cm³/mol. The maximum atomic E-state index is 10.5. The van der Waals surface area contributed by atoms with E-state index in [4.69, 9.17) is 16.7 Å². The Kier molecular flexibility index (Phi) is 2.88. The normalized spacial score (nSPS) is 10.9. The van der Waals surface area contributed by atoms with Gasteiger partial charge < -0.3 is 9.67 Å². The van der Waals surface area contributed by atoms with E-state index in [1.165, 1.54) is 5.56 Å². The lowest BCUT2D eigenvalue weighted by atomic mass is 10.2. The van der Waals surface area contributed by atoms with Crippen molar-refractivity contribution in [2.24, 2.45) is 0 Å². The topological polar surface area (TPSA) is 42.2 Å². The standard InChI is InChI=1S/C12H12ClNO2/c1-8-2-3-10-9(6-8)7-11(13)14(10)5-4-12(15)16/h2-3,6-7H,4-5H2,1H3,(H,15,16). The molecule has 0 fully saturated rings. The summed E-state index contributed by atoms with van der Waals surface area (Å²) in [4.78, 5) is 10.5. The molecule has 0 radical (unpaired) electrons. The Bertz CT molecular complexity index is 545. The molecule has 0 unspecified atom stereocenters. The van der Waals surface area contributed by atoms with Crippen molar-refractivity contribution in [3.63, 3.8) is 0 Å². The molecule has 1 aromatic heterocycles. The van der Waals surface area contributed by atoms with Gasteiger partial charge in [0.2, 0.25) is 0 Å². The first kappa shape index (κ1) is 11.0. The van der Waals surface area contributed by atoms with Crippen molar-refractivity contribution in [1.82, 2.24) is 4.57 Å². The van der Waals surface area contributed by atoms with Gasteiger partial charge in [-0.2, -0.15) is 0 Å². The molecule has 1 heterocycles. The van der Waals surface area contributed by atoms with Crippen molar-refractivity contribution in [2.75, 3.05) is 0 Å². The lowest BCUT2D eigenvalue weighted by molar-refractivity contribution is -0.137. The Labute approximate surface area is 98.3 Å². The number of benzene rings is 1. The number of halogens is 1. The van der Waals surface area contributed by atoms with Crippen LogP contribution in [0.1, 0.15) is 12.0 Å². The average molecular weight is 238 g/mol. The lowest BCUT2D eigenvalue weighted by Gasteiger charge is -2.04. The molecule has 84 valence electrons. The maximum absolute atomic E-state index is 10.5. The van der Waals surface area contributed by atoms with Crippen LogP contribution in [0.15, 0.2) is 24.3 Å². The molecular weight excluding hydrogens is 226 g/mol. The zero-order valence-electron chi connectivity index (χ0n) is 8.90. The van der Waals surface area contributed by atoms with Gasteiger partial charge in [-0.05, 0) is 25.1 Å². The molecule has 0 spiro atoms. The number of nitrogens with zero attached hydrogens (tertiary/aromatic N) is 1.